The molecule has 0 aliphatic rings. The lowest BCUT2D eigenvalue weighted by Crippen LogP contribution is -2.07. The summed E-state index contributed by atoms with van der Waals surface area (Å²) in [5.74, 6) is 1.09. The summed E-state index contributed by atoms with van der Waals surface area (Å²) in [5, 5.41) is 10.3. The van der Waals surface area contributed by atoms with Gasteiger partial charge in [-0.2, -0.15) is 4.98 Å². The Labute approximate surface area is 168 Å². The number of para-hydroxylation sites is 1. The Kier molecular flexibility index (Phi) is 5.29. The zero-order valence-corrected chi connectivity index (χ0v) is 15.9. The highest BCUT2D eigenvalue weighted by atomic mass is 16.1. The maximum absolute atomic E-state index is 11.3. The van der Waals surface area contributed by atoms with Crippen LogP contribution >= 0.6 is 0 Å². The summed E-state index contributed by atoms with van der Waals surface area (Å²) < 4.78 is 0. The van der Waals surface area contributed by atoms with Crippen LogP contribution in [0, 0.1) is 0 Å². The van der Waals surface area contributed by atoms with Crippen molar-refractivity contribution in [2.75, 3.05) is 16.0 Å². The Morgan fingerprint density at radius 3 is 2.66 bits per heavy atom. The van der Waals surface area contributed by atoms with Crippen LogP contribution in [-0.4, -0.2) is 20.9 Å². The van der Waals surface area contributed by atoms with Crippen LogP contribution in [-0.2, 0) is 11.3 Å². The molecule has 7 nitrogen and oxygen atoms in total. The zero-order valence-electron chi connectivity index (χ0n) is 15.9. The molecule has 0 bridgehead atoms. The highest BCUT2D eigenvalue weighted by Crippen LogP contribution is 2.25. The number of hydrogen-bond donors (Lipinski definition) is 3. The normalized spacial score (nSPS) is 10.5. The van der Waals surface area contributed by atoms with Crippen molar-refractivity contribution >= 4 is 40.0 Å². The van der Waals surface area contributed by atoms with Gasteiger partial charge in [-0.3, -0.25) is 9.78 Å². The Balaban J connectivity index is 1.62. The van der Waals surface area contributed by atoms with E-state index in [4.69, 9.17) is 0 Å². The number of anilines is 4. The Morgan fingerprint density at radius 1 is 0.966 bits per heavy atom. The number of benzene rings is 2. The van der Waals surface area contributed by atoms with Crippen molar-refractivity contribution in [1.82, 2.24) is 15.0 Å². The third-order valence-corrected chi connectivity index (χ3v) is 4.23. The van der Waals surface area contributed by atoms with Crippen LogP contribution in [0.15, 0.2) is 73.1 Å². The second-order valence-corrected chi connectivity index (χ2v) is 6.51. The number of rotatable bonds is 6. The molecule has 0 unspecified atom stereocenters. The summed E-state index contributed by atoms with van der Waals surface area (Å²) in [6.07, 6.45) is 3.57. The van der Waals surface area contributed by atoms with Gasteiger partial charge < -0.3 is 16.0 Å². The summed E-state index contributed by atoms with van der Waals surface area (Å²) in [6, 6.07) is 19.2. The number of pyridine rings is 1. The van der Waals surface area contributed by atoms with E-state index >= 15 is 0 Å². The standard InChI is InChI=1S/C22H20N6O/c1-15(29)25-17-7-4-8-18(12-17)26-22-27-20-10-3-2-9-19(20)21(28-22)24-14-16-6-5-11-23-13-16/h2-13H,14H2,1H3,(H,25,29)(H2,24,26,27,28). The van der Waals surface area contributed by atoms with Crippen molar-refractivity contribution in [2.45, 2.75) is 13.5 Å². The summed E-state index contributed by atoms with van der Waals surface area (Å²) >= 11 is 0. The van der Waals surface area contributed by atoms with E-state index in [-0.39, 0.29) is 5.91 Å². The third-order valence-electron chi connectivity index (χ3n) is 4.23. The second-order valence-electron chi connectivity index (χ2n) is 6.51. The van der Waals surface area contributed by atoms with Crippen molar-refractivity contribution in [3.05, 3.63) is 78.6 Å². The predicted molar refractivity (Wildman–Crippen MR) is 115 cm³/mol. The van der Waals surface area contributed by atoms with Crippen LogP contribution in [0.2, 0.25) is 0 Å². The van der Waals surface area contributed by atoms with Crippen molar-refractivity contribution < 1.29 is 4.79 Å². The third kappa shape index (κ3) is 4.65. The molecule has 7 heteroatoms. The molecule has 3 N–H and O–H groups in total. The lowest BCUT2D eigenvalue weighted by atomic mass is 10.2. The molecule has 4 aromatic rings. The summed E-state index contributed by atoms with van der Waals surface area (Å²) in [7, 11) is 0. The van der Waals surface area contributed by atoms with Crippen LogP contribution in [0.5, 0.6) is 0 Å². The van der Waals surface area contributed by atoms with E-state index in [9.17, 15) is 4.79 Å². The fraction of sp³-hybridized carbons (Fsp3) is 0.0909. The summed E-state index contributed by atoms with van der Waals surface area (Å²) in [6.45, 7) is 2.08. The molecule has 0 radical (unpaired) electrons. The van der Waals surface area contributed by atoms with E-state index in [1.807, 2.05) is 66.9 Å². The topological polar surface area (TPSA) is 91.8 Å². The van der Waals surface area contributed by atoms with Crippen LogP contribution in [0.25, 0.3) is 10.9 Å². The van der Waals surface area contributed by atoms with Gasteiger partial charge in [0.05, 0.1) is 5.52 Å². The van der Waals surface area contributed by atoms with E-state index in [0.717, 1.165) is 28.0 Å². The number of hydrogen-bond acceptors (Lipinski definition) is 6. The van der Waals surface area contributed by atoms with Crippen molar-refractivity contribution in [3.8, 4) is 0 Å². The molecule has 0 saturated carbocycles. The monoisotopic (exact) mass is 384 g/mol. The number of carbonyl (C=O) groups is 1. The molecule has 0 saturated heterocycles. The highest BCUT2D eigenvalue weighted by molar-refractivity contribution is 5.91. The second kappa shape index (κ2) is 8.35. The molecular weight excluding hydrogens is 364 g/mol. The Bertz CT molecular complexity index is 1150. The lowest BCUT2D eigenvalue weighted by Gasteiger charge is -2.12. The fourth-order valence-corrected chi connectivity index (χ4v) is 2.96. The maximum Gasteiger partial charge on any atom is 0.229 e. The van der Waals surface area contributed by atoms with E-state index in [0.29, 0.717) is 18.2 Å². The quantitative estimate of drug-likeness (QED) is 0.458. The largest absolute Gasteiger partial charge is 0.365 e. The van der Waals surface area contributed by atoms with Gasteiger partial charge in [-0.05, 0) is 42.0 Å². The molecular formula is C22H20N6O. The first-order valence-corrected chi connectivity index (χ1v) is 9.21. The average Bonchev–Trinajstić information content (AvgIpc) is 2.72. The van der Waals surface area contributed by atoms with E-state index in [2.05, 4.69) is 30.9 Å². The van der Waals surface area contributed by atoms with E-state index in [1.165, 1.54) is 6.92 Å². The first kappa shape index (κ1) is 18.4. The van der Waals surface area contributed by atoms with Crippen molar-refractivity contribution in [1.29, 1.82) is 0 Å². The number of carbonyl (C=O) groups excluding carboxylic acids is 1. The predicted octanol–water partition coefficient (Wildman–Crippen LogP) is 4.34. The molecule has 0 fully saturated rings. The molecule has 2 aromatic heterocycles. The maximum atomic E-state index is 11.3. The number of aromatic nitrogens is 3. The average molecular weight is 384 g/mol. The number of nitrogens with zero attached hydrogens (tertiary/aromatic N) is 3. The number of fused-ring (bicyclic) bond motifs is 1. The first-order chi connectivity index (χ1) is 14.2. The van der Waals surface area contributed by atoms with Gasteiger partial charge in [0.15, 0.2) is 0 Å². The van der Waals surface area contributed by atoms with Gasteiger partial charge in [-0.15, -0.1) is 0 Å². The van der Waals surface area contributed by atoms with Crippen LogP contribution in [0.1, 0.15) is 12.5 Å². The molecule has 4 rings (SSSR count). The molecule has 0 atom stereocenters. The van der Waals surface area contributed by atoms with E-state index in [1.54, 1.807) is 6.20 Å². The van der Waals surface area contributed by atoms with Crippen LogP contribution in [0.3, 0.4) is 0 Å². The molecule has 2 heterocycles. The first-order valence-electron chi connectivity index (χ1n) is 9.21. The molecule has 144 valence electrons. The molecule has 2 aromatic carbocycles. The van der Waals surface area contributed by atoms with Gasteiger partial charge >= 0.3 is 0 Å². The number of amides is 1. The molecule has 1 amide bonds. The molecule has 29 heavy (non-hydrogen) atoms. The smallest absolute Gasteiger partial charge is 0.229 e. The van der Waals surface area contributed by atoms with Gasteiger partial charge in [-0.25, -0.2) is 4.98 Å². The van der Waals surface area contributed by atoms with Gasteiger partial charge in [-0.1, -0.05) is 24.3 Å². The minimum atomic E-state index is -0.119. The summed E-state index contributed by atoms with van der Waals surface area (Å²) in [4.78, 5) is 24.7. The SMILES string of the molecule is CC(=O)Nc1cccc(Nc2nc(NCc3cccnc3)c3ccccc3n2)c1. The fourth-order valence-electron chi connectivity index (χ4n) is 2.96. The lowest BCUT2D eigenvalue weighted by molar-refractivity contribution is -0.114. The zero-order chi connectivity index (χ0) is 20.1. The van der Waals surface area contributed by atoms with Crippen molar-refractivity contribution in [2.24, 2.45) is 0 Å². The molecule has 0 aliphatic carbocycles. The highest BCUT2D eigenvalue weighted by Gasteiger charge is 2.08. The van der Waals surface area contributed by atoms with Gasteiger partial charge in [0.2, 0.25) is 11.9 Å². The minimum Gasteiger partial charge on any atom is -0.365 e. The molecule has 0 spiro atoms. The Hall–Kier alpha value is -4.00. The minimum absolute atomic E-state index is 0.119. The van der Waals surface area contributed by atoms with Gasteiger partial charge in [0.1, 0.15) is 5.82 Å². The van der Waals surface area contributed by atoms with E-state index < -0.39 is 0 Å². The van der Waals surface area contributed by atoms with Gasteiger partial charge in [0, 0.05) is 42.6 Å². The number of nitrogens with one attached hydrogen (secondary N) is 3. The van der Waals surface area contributed by atoms with Gasteiger partial charge in [0.25, 0.3) is 0 Å². The van der Waals surface area contributed by atoms with Crippen LogP contribution < -0.4 is 16.0 Å². The summed E-state index contributed by atoms with van der Waals surface area (Å²) in [5.41, 5.74) is 3.38. The van der Waals surface area contributed by atoms with Crippen molar-refractivity contribution in [3.63, 3.8) is 0 Å². The molecule has 0 aliphatic heterocycles. The Morgan fingerprint density at radius 2 is 1.83 bits per heavy atom. The van der Waals surface area contributed by atoms with Crippen LogP contribution in [0.4, 0.5) is 23.1 Å².